The summed E-state index contributed by atoms with van der Waals surface area (Å²) < 4.78 is 5.12. The first-order chi connectivity index (χ1) is 8.45. The molecule has 0 amide bonds. The van der Waals surface area contributed by atoms with Crippen molar-refractivity contribution in [3.05, 3.63) is 28.8 Å². The van der Waals surface area contributed by atoms with Gasteiger partial charge in [0.2, 0.25) is 0 Å². The van der Waals surface area contributed by atoms with Crippen LogP contribution >= 0.6 is 11.6 Å². The first-order valence-corrected chi connectivity index (χ1v) is 6.57. The van der Waals surface area contributed by atoms with Crippen LogP contribution in [0.5, 0.6) is 5.75 Å². The van der Waals surface area contributed by atoms with Gasteiger partial charge in [-0.2, -0.15) is 0 Å². The Balaban J connectivity index is 1.93. The van der Waals surface area contributed by atoms with Crippen LogP contribution in [0.3, 0.4) is 0 Å². The minimum absolute atomic E-state index is 0.0454. The van der Waals surface area contributed by atoms with Crippen molar-refractivity contribution < 1.29 is 9.84 Å². The molecule has 3 nitrogen and oxygen atoms in total. The van der Waals surface area contributed by atoms with Gasteiger partial charge in [-0.1, -0.05) is 31.5 Å². The lowest BCUT2D eigenvalue weighted by Crippen LogP contribution is -2.59. The molecule has 1 aromatic rings. The van der Waals surface area contributed by atoms with Gasteiger partial charge in [0.05, 0.1) is 18.2 Å². The molecule has 2 unspecified atom stereocenters. The number of hydrogen-bond donors (Lipinski definition) is 2. The highest BCUT2D eigenvalue weighted by Crippen LogP contribution is 2.40. The lowest BCUT2D eigenvalue weighted by Gasteiger charge is -2.49. The van der Waals surface area contributed by atoms with Gasteiger partial charge in [0.1, 0.15) is 5.75 Å². The Labute approximate surface area is 113 Å². The van der Waals surface area contributed by atoms with Crippen molar-refractivity contribution in [3.63, 3.8) is 0 Å². The van der Waals surface area contributed by atoms with Gasteiger partial charge < -0.3 is 15.2 Å². The Kier molecular flexibility index (Phi) is 3.85. The molecule has 4 heteroatoms. The average Bonchev–Trinajstić information content (AvgIpc) is 2.34. The van der Waals surface area contributed by atoms with Crippen LogP contribution in [-0.4, -0.2) is 24.4 Å². The summed E-state index contributed by atoms with van der Waals surface area (Å²) >= 11 is 6.08. The van der Waals surface area contributed by atoms with Gasteiger partial charge in [-0.25, -0.2) is 0 Å². The zero-order valence-electron chi connectivity index (χ0n) is 11.0. The smallest absolute Gasteiger partial charge is 0.137 e. The number of aliphatic hydroxyl groups excluding tert-OH is 1. The third-order valence-corrected chi connectivity index (χ3v) is 4.28. The van der Waals surface area contributed by atoms with E-state index in [0.29, 0.717) is 16.8 Å². The number of ether oxygens (including phenoxy) is 1. The molecule has 1 aliphatic rings. The van der Waals surface area contributed by atoms with Gasteiger partial charge in [-0.05, 0) is 24.1 Å². The van der Waals surface area contributed by atoms with Crippen molar-refractivity contribution in [3.8, 4) is 5.75 Å². The highest BCUT2D eigenvalue weighted by atomic mass is 35.5. The van der Waals surface area contributed by atoms with Crippen molar-refractivity contribution in [2.24, 2.45) is 5.41 Å². The van der Waals surface area contributed by atoms with Crippen LogP contribution in [0.25, 0.3) is 0 Å². The van der Waals surface area contributed by atoms with Gasteiger partial charge in [0.15, 0.2) is 0 Å². The van der Waals surface area contributed by atoms with Gasteiger partial charge >= 0.3 is 0 Å². The summed E-state index contributed by atoms with van der Waals surface area (Å²) in [5.74, 6) is 0.694. The summed E-state index contributed by atoms with van der Waals surface area (Å²) in [6.45, 7) is 4.92. The summed E-state index contributed by atoms with van der Waals surface area (Å²) in [5, 5.41) is 13.8. The molecule has 1 fully saturated rings. The molecule has 0 spiro atoms. The number of hydrogen-bond acceptors (Lipinski definition) is 3. The summed E-state index contributed by atoms with van der Waals surface area (Å²) in [6.07, 6.45) is 0.617. The van der Waals surface area contributed by atoms with E-state index in [4.69, 9.17) is 16.3 Å². The Morgan fingerprint density at radius 2 is 2.22 bits per heavy atom. The largest absolute Gasteiger partial charge is 0.495 e. The Morgan fingerprint density at radius 3 is 2.72 bits per heavy atom. The number of aliphatic hydroxyl groups is 1. The molecule has 0 saturated heterocycles. The molecular formula is C14H20ClNO2. The number of nitrogens with one attached hydrogen (secondary N) is 1. The lowest BCUT2D eigenvalue weighted by atomic mass is 9.64. The molecule has 0 aromatic heterocycles. The molecule has 1 aromatic carbocycles. The second-order valence-corrected chi connectivity index (χ2v) is 5.88. The molecule has 100 valence electrons. The molecule has 18 heavy (non-hydrogen) atoms. The van der Waals surface area contributed by atoms with Gasteiger partial charge in [-0.15, -0.1) is 0 Å². The Morgan fingerprint density at radius 1 is 1.50 bits per heavy atom. The number of halogens is 1. The lowest BCUT2D eigenvalue weighted by molar-refractivity contribution is -0.0729. The SMILES string of the molecule is COc1ccc(CNC2CC(O)C2(C)C)cc1Cl. The van der Waals surface area contributed by atoms with Crippen molar-refractivity contribution in [2.45, 2.75) is 39.0 Å². The number of methoxy groups -OCH3 is 1. The second-order valence-electron chi connectivity index (χ2n) is 5.48. The van der Waals surface area contributed by atoms with E-state index in [9.17, 15) is 5.11 Å². The number of rotatable bonds is 4. The van der Waals surface area contributed by atoms with E-state index in [-0.39, 0.29) is 11.5 Å². The van der Waals surface area contributed by atoms with E-state index in [1.807, 2.05) is 18.2 Å². The Hall–Kier alpha value is -0.770. The van der Waals surface area contributed by atoms with Crippen molar-refractivity contribution >= 4 is 11.6 Å². The van der Waals surface area contributed by atoms with E-state index in [2.05, 4.69) is 19.2 Å². The predicted octanol–water partition coefficient (Wildman–Crippen LogP) is 2.60. The van der Waals surface area contributed by atoms with Crippen molar-refractivity contribution in [1.29, 1.82) is 0 Å². The topological polar surface area (TPSA) is 41.5 Å². The molecular weight excluding hydrogens is 250 g/mol. The summed E-state index contributed by atoms with van der Waals surface area (Å²) in [6, 6.07) is 6.14. The molecule has 2 rings (SSSR count). The number of benzene rings is 1. The molecule has 1 aliphatic carbocycles. The van der Waals surface area contributed by atoms with Crippen LogP contribution in [0.15, 0.2) is 18.2 Å². The van der Waals surface area contributed by atoms with Crippen LogP contribution in [0.4, 0.5) is 0 Å². The Bertz CT molecular complexity index is 434. The van der Waals surface area contributed by atoms with Crippen LogP contribution in [0.1, 0.15) is 25.8 Å². The fourth-order valence-electron chi connectivity index (χ4n) is 2.31. The highest BCUT2D eigenvalue weighted by molar-refractivity contribution is 6.32. The standard InChI is InChI=1S/C14H20ClNO2/c1-14(2)12(7-13(14)17)16-8-9-4-5-11(18-3)10(15)6-9/h4-6,12-13,16-17H,7-8H2,1-3H3. The summed E-state index contributed by atoms with van der Waals surface area (Å²) in [7, 11) is 1.61. The minimum atomic E-state index is -0.200. The first kappa shape index (κ1) is 13.7. The fourth-order valence-corrected chi connectivity index (χ4v) is 2.59. The maximum Gasteiger partial charge on any atom is 0.137 e. The monoisotopic (exact) mass is 269 g/mol. The third kappa shape index (κ3) is 2.48. The van der Waals surface area contributed by atoms with E-state index in [1.54, 1.807) is 7.11 Å². The minimum Gasteiger partial charge on any atom is -0.495 e. The molecule has 0 aliphatic heterocycles. The second kappa shape index (κ2) is 5.08. The molecule has 2 atom stereocenters. The zero-order chi connectivity index (χ0) is 13.3. The van der Waals surface area contributed by atoms with E-state index in [0.717, 1.165) is 18.5 Å². The molecule has 0 radical (unpaired) electrons. The van der Waals surface area contributed by atoms with Crippen LogP contribution in [-0.2, 0) is 6.54 Å². The maximum atomic E-state index is 9.68. The van der Waals surface area contributed by atoms with Crippen molar-refractivity contribution in [2.75, 3.05) is 7.11 Å². The van der Waals surface area contributed by atoms with Gasteiger partial charge in [-0.3, -0.25) is 0 Å². The quantitative estimate of drug-likeness (QED) is 0.883. The average molecular weight is 270 g/mol. The maximum absolute atomic E-state index is 9.68. The van der Waals surface area contributed by atoms with Crippen LogP contribution < -0.4 is 10.1 Å². The van der Waals surface area contributed by atoms with Crippen LogP contribution in [0, 0.1) is 5.41 Å². The van der Waals surface area contributed by atoms with Gasteiger partial charge in [0.25, 0.3) is 0 Å². The highest BCUT2D eigenvalue weighted by Gasteiger charge is 2.46. The molecule has 2 N–H and O–H groups in total. The normalized spacial score (nSPS) is 25.6. The zero-order valence-corrected chi connectivity index (χ0v) is 11.8. The fraction of sp³-hybridized carbons (Fsp3) is 0.571. The van der Waals surface area contributed by atoms with Crippen LogP contribution in [0.2, 0.25) is 5.02 Å². The van der Waals surface area contributed by atoms with E-state index < -0.39 is 0 Å². The van der Waals surface area contributed by atoms with Crippen molar-refractivity contribution in [1.82, 2.24) is 5.32 Å². The summed E-state index contributed by atoms with van der Waals surface area (Å²) in [5.41, 5.74) is 1.08. The predicted molar refractivity (Wildman–Crippen MR) is 73.0 cm³/mol. The molecule has 1 saturated carbocycles. The molecule has 0 heterocycles. The third-order valence-electron chi connectivity index (χ3n) is 3.98. The van der Waals surface area contributed by atoms with E-state index in [1.165, 1.54) is 0 Å². The van der Waals surface area contributed by atoms with Gasteiger partial charge in [0, 0.05) is 18.0 Å². The first-order valence-electron chi connectivity index (χ1n) is 6.19. The summed E-state index contributed by atoms with van der Waals surface area (Å²) in [4.78, 5) is 0. The molecule has 0 bridgehead atoms. The van der Waals surface area contributed by atoms with E-state index >= 15 is 0 Å².